The predicted octanol–water partition coefficient (Wildman–Crippen LogP) is 3.40. The number of aromatic nitrogens is 1. The fourth-order valence-electron chi connectivity index (χ4n) is 3.67. The van der Waals surface area contributed by atoms with Crippen molar-refractivity contribution < 1.29 is 9.50 Å². The summed E-state index contributed by atoms with van der Waals surface area (Å²) in [4.78, 5) is 4.73. The Hall–Kier alpha value is -2.30. The summed E-state index contributed by atoms with van der Waals surface area (Å²) in [6.07, 6.45) is 2.75. The van der Waals surface area contributed by atoms with Crippen molar-refractivity contribution in [3.05, 3.63) is 76.7 Å². The van der Waals surface area contributed by atoms with Crippen LogP contribution in [0.5, 0.6) is 0 Å². The largest absolute Gasteiger partial charge is 0.372 e. The molecule has 3 nitrogen and oxygen atoms in total. The zero-order chi connectivity index (χ0) is 16.7. The smallest absolute Gasteiger partial charge is 0.141 e. The minimum absolute atomic E-state index is 0.254. The van der Waals surface area contributed by atoms with Gasteiger partial charge in [0.15, 0.2) is 0 Å². The van der Waals surface area contributed by atoms with Crippen LogP contribution >= 0.6 is 0 Å². The number of nitrogens with two attached hydrogens (primary N) is 1. The van der Waals surface area contributed by atoms with Crippen LogP contribution in [-0.4, -0.2) is 10.1 Å². The van der Waals surface area contributed by atoms with E-state index in [0.717, 1.165) is 46.1 Å². The Morgan fingerprint density at radius 1 is 1.12 bits per heavy atom. The molecule has 1 unspecified atom stereocenters. The lowest BCUT2D eigenvalue weighted by Crippen LogP contribution is -2.41. The van der Waals surface area contributed by atoms with E-state index in [0.29, 0.717) is 12.8 Å². The van der Waals surface area contributed by atoms with E-state index in [9.17, 15) is 9.50 Å². The van der Waals surface area contributed by atoms with E-state index < -0.39 is 5.72 Å². The minimum Gasteiger partial charge on any atom is -0.372 e. The van der Waals surface area contributed by atoms with Gasteiger partial charge in [0.05, 0.1) is 5.52 Å². The van der Waals surface area contributed by atoms with Gasteiger partial charge in [-0.3, -0.25) is 10.7 Å². The van der Waals surface area contributed by atoms with Crippen molar-refractivity contribution in [1.29, 1.82) is 0 Å². The molecule has 1 aliphatic rings. The number of halogens is 1. The average Bonchev–Trinajstić information content (AvgIpc) is 2.56. The molecule has 0 bridgehead atoms. The summed E-state index contributed by atoms with van der Waals surface area (Å²) in [5.41, 5.74) is 9.36. The molecule has 0 aliphatic heterocycles. The zero-order valence-corrected chi connectivity index (χ0v) is 13.3. The van der Waals surface area contributed by atoms with Crippen molar-refractivity contribution in [3.63, 3.8) is 0 Å². The second-order valence-electron chi connectivity index (χ2n) is 6.51. The van der Waals surface area contributed by atoms with Crippen LogP contribution in [0.15, 0.2) is 48.5 Å². The van der Waals surface area contributed by atoms with Gasteiger partial charge >= 0.3 is 0 Å². The number of para-hydroxylation sites is 1. The molecule has 0 fully saturated rings. The normalized spacial score (nSPS) is 20.1. The summed E-state index contributed by atoms with van der Waals surface area (Å²) in [5, 5.41) is 11.8. The van der Waals surface area contributed by atoms with Crippen LogP contribution in [0.4, 0.5) is 4.39 Å². The number of aryl methyl sites for hydroxylation is 1. The molecule has 4 rings (SSSR count). The molecule has 0 saturated heterocycles. The lowest BCUT2D eigenvalue weighted by atomic mass is 9.82. The number of aliphatic hydroxyl groups is 1. The first-order valence-corrected chi connectivity index (χ1v) is 8.21. The maximum atomic E-state index is 13.2. The van der Waals surface area contributed by atoms with Crippen molar-refractivity contribution in [2.24, 2.45) is 5.73 Å². The summed E-state index contributed by atoms with van der Waals surface area (Å²) in [6, 6.07) is 14.4. The second kappa shape index (κ2) is 5.65. The molecule has 1 heterocycles. The van der Waals surface area contributed by atoms with Crippen molar-refractivity contribution in [2.45, 2.75) is 31.4 Å². The van der Waals surface area contributed by atoms with Crippen LogP contribution in [0.3, 0.4) is 0 Å². The summed E-state index contributed by atoms with van der Waals surface area (Å²) in [6.45, 7) is 0. The summed E-state index contributed by atoms with van der Waals surface area (Å²) >= 11 is 0. The molecule has 2 aromatic carbocycles. The zero-order valence-electron chi connectivity index (χ0n) is 13.3. The van der Waals surface area contributed by atoms with Gasteiger partial charge in [-0.1, -0.05) is 30.3 Å². The number of fused-ring (bicyclic) bond motifs is 2. The fourth-order valence-corrected chi connectivity index (χ4v) is 3.67. The molecular weight excluding hydrogens is 303 g/mol. The number of nitrogens with zero attached hydrogens (tertiary/aromatic N) is 1. The number of benzene rings is 2. The van der Waals surface area contributed by atoms with Crippen LogP contribution in [0.1, 0.15) is 35.2 Å². The highest BCUT2D eigenvalue weighted by atomic mass is 19.1. The highest BCUT2D eigenvalue weighted by Gasteiger charge is 2.34. The van der Waals surface area contributed by atoms with Gasteiger partial charge < -0.3 is 5.11 Å². The standard InChI is InChI=1S/C20H19FN2O/c21-14-9-7-13(8-10-14)12-16-15-4-1-2-5-17(15)23-18-6-3-11-20(22,24)19(16)18/h1-2,4-5,7-10,24H,3,6,11-12,22H2. The van der Waals surface area contributed by atoms with Crippen molar-refractivity contribution in [3.8, 4) is 0 Å². The Morgan fingerprint density at radius 2 is 1.88 bits per heavy atom. The van der Waals surface area contributed by atoms with Crippen molar-refractivity contribution in [1.82, 2.24) is 4.98 Å². The van der Waals surface area contributed by atoms with Crippen LogP contribution in [0.25, 0.3) is 10.9 Å². The summed E-state index contributed by atoms with van der Waals surface area (Å²) in [7, 11) is 0. The minimum atomic E-state index is -1.36. The second-order valence-corrected chi connectivity index (χ2v) is 6.51. The lowest BCUT2D eigenvalue weighted by Gasteiger charge is -2.33. The van der Waals surface area contributed by atoms with Gasteiger partial charge in [0.1, 0.15) is 11.5 Å². The van der Waals surface area contributed by atoms with Gasteiger partial charge in [0.25, 0.3) is 0 Å². The number of hydrogen-bond donors (Lipinski definition) is 2. The summed E-state index contributed by atoms with van der Waals surface area (Å²) < 4.78 is 13.2. The molecule has 1 aliphatic carbocycles. The number of rotatable bonds is 2. The SMILES string of the molecule is NC1(O)CCCc2nc3ccccc3c(Cc3ccc(F)cc3)c21. The lowest BCUT2D eigenvalue weighted by molar-refractivity contribution is 0.0241. The topological polar surface area (TPSA) is 59.1 Å². The first kappa shape index (κ1) is 15.2. The maximum absolute atomic E-state index is 13.2. The van der Waals surface area contributed by atoms with Crippen molar-refractivity contribution >= 4 is 10.9 Å². The van der Waals surface area contributed by atoms with E-state index in [4.69, 9.17) is 10.7 Å². The van der Waals surface area contributed by atoms with E-state index >= 15 is 0 Å². The highest BCUT2D eigenvalue weighted by Crippen LogP contribution is 2.37. The molecule has 3 aromatic rings. The van der Waals surface area contributed by atoms with E-state index in [2.05, 4.69) is 0 Å². The van der Waals surface area contributed by atoms with E-state index in [1.807, 2.05) is 24.3 Å². The van der Waals surface area contributed by atoms with Crippen molar-refractivity contribution in [2.75, 3.05) is 0 Å². The van der Waals surface area contributed by atoms with Gasteiger partial charge in [-0.25, -0.2) is 4.39 Å². The average molecular weight is 322 g/mol. The molecule has 3 N–H and O–H groups in total. The Morgan fingerprint density at radius 3 is 2.67 bits per heavy atom. The first-order chi connectivity index (χ1) is 11.5. The Bertz CT molecular complexity index is 903. The quantitative estimate of drug-likeness (QED) is 0.711. The van der Waals surface area contributed by atoms with Crippen LogP contribution in [0, 0.1) is 5.82 Å². The molecule has 4 heteroatoms. The van der Waals surface area contributed by atoms with Gasteiger partial charge in [-0.05, 0) is 55.0 Å². The van der Waals surface area contributed by atoms with Gasteiger partial charge in [-0.2, -0.15) is 0 Å². The third-order valence-electron chi connectivity index (χ3n) is 4.77. The van der Waals surface area contributed by atoms with E-state index in [-0.39, 0.29) is 5.82 Å². The Labute approximate surface area is 140 Å². The maximum Gasteiger partial charge on any atom is 0.141 e. The molecule has 0 spiro atoms. The molecule has 122 valence electrons. The monoisotopic (exact) mass is 322 g/mol. The Balaban J connectivity index is 1.95. The van der Waals surface area contributed by atoms with Gasteiger partial charge in [0.2, 0.25) is 0 Å². The molecule has 1 atom stereocenters. The third-order valence-corrected chi connectivity index (χ3v) is 4.77. The predicted molar refractivity (Wildman–Crippen MR) is 92.0 cm³/mol. The Kier molecular flexibility index (Phi) is 3.59. The summed E-state index contributed by atoms with van der Waals surface area (Å²) in [5.74, 6) is -0.254. The molecule has 0 radical (unpaired) electrons. The first-order valence-electron chi connectivity index (χ1n) is 8.21. The molecule has 24 heavy (non-hydrogen) atoms. The molecule has 1 aromatic heterocycles. The number of hydrogen-bond acceptors (Lipinski definition) is 3. The third kappa shape index (κ3) is 2.58. The molecule has 0 amide bonds. The van der Waals surface area contributed by atoms with E-state index in [1.165, 1.54) is 12.1 Å². The number of pyridine rings is 1. The van der Waals surface area contributed by atoms with Crippen LogP contribution in [0.2, 0.25) is 0 Å². The fraction of sp³-hybridized carbons (Fsp3) is 0.250. The highest BCUT2D eigenvalue weighted by molar-refractivity contribution is 5.84. The van der Waals surface area contributed by atoms with Crippen LogP contribution < -0.4 is 5.73 Å². The molecule has 0 saturated carbocycles. The van der Waals surface area contributed by atoms with Gasteiger partial charge in [0, 0.05) is 16.6 Å². The molecular formula is C20H19FN2O. The van der Waals surface area contributed by atoms with E-state index in [1.54, 1.807) is 12.1 Å². The van der Waals surface area contributed by atoms with Gasteiger partial charge in [-0.15, -0.1) is 0 Å². The van der Waals surface area contributed by atoms with Crippen LogP contribution in [-0.2, 0) is 18.6 Å².